The zero-order valence-corrected chi connectivity index (χ0v) is 18.1. The van der Waals surface area contributed by atoms with Crippen LogP contribution in [-0.2, 0) is 11.4 Å². The number of rotatable bonds is 8. The number of hydrogen-bond donors (Lipinski definition) is 1. The third-order valence-electron chi connectivity index (χ3n) is 4.60. The molecule has 0 saturated carbocycles. The normalized spacial score (nSPS) is 11.7. The minimum Gasteiger partial charge on any atom is -0.483 e. The van der Waals surface area contributed by atoms with Crippen LogP contribution in [0.15, 0.2) is 90.1 Å². The van der Waals surface area contributed by atoms with Gasteiger partial charge in [0.05, 0.1) is 5.25 Å². The van der Waals surface area contributed by atoms with Gasteiger partial charge in [-0.25, -0.2) is 4.39 Å². The van der Waals surface area contributed by atoms with E-state index in [1.54, 1.807) is 18.2 Å². The van der Waals surface area contributed by atoms with Gasteiger partial charge in [-0.3, -0.25) is 9.36 Å². The van der Waals surface area contributed by atoms with Gasteiger partial charge in [-0.2, -0.15) is 0 Å². The highest BCUT2D eigenvalue weighted by Gasteiger charge is 2.21. The molecular formula is C24H21FN4O2S. The van der Waals surface area contributed by atoms with Crippen molar-refractivity contribution in [2.45, 2.75) is 23.9 Å². The summed E-state index contributed by atoms with van der Waals surface area (Å²) in [5, 5.41) is 11.5. The maximum atomic E-state index is 13.9. The summed E-state index contributed by atoms with van der Waals surface area (Å²) in [6.45, 7) is 1.83. The number of halogens is 1. The van der Waals surface area contributed by atoms with Gasteiger partial charge in [0.25, 0.3) is 0 Å². The van der Waals surface area contributed by atoms with Crippen molar-refractivity contribution in [2.75, 3.05) is 5.32 Å². The molecule has 1 heterocycles. The summed E-state index contributed by atoms with van der Waals surface area (Å²) in [6, 6.07) is 25.0. The number of ether oxygens (including phenoxy) is 1. The van der Waals surface area contributed by atoms with Crippen molar-refractivity contribution in [3.8, 4) is 11.4 Å². The SMILES string of the molecule is CC(Sc1nnc(COc2ccccc2F)n1-c1ccccc1)C(=O)Nc1ccccc1. The molecule has 4 rings (SSSR count). The Morgan fingerprint density at radius 1 is 1.00 bits per heavy atom. The van der Waals surface area contributed by atoms with Gasteiger partial charge in [-0.05, 0) is 43.3 Å². The quantitative estimate of drug-likeness (QED) is 0.380. The third-order valence-corrected chi connectivity index (χ3v) is 5.64. The van der Waals surface area contributed by atoms with Crippen molar-refractivity contribution in [2.24, 2.45) is 0 Å². The van der Waals surface area contributed by atoms with Crippen LogP contribution in [0, 0.1) is 5.82 Å². The van der Waals surface area contributed by atoms with Gasteiger partial charge in [0.2, 0.25) is 5.91 Å². The van der Waals surface area contributed by atoms with Gasteiger partial charge in [0, 0.05) is 11.4 Å². The molecule has 1 aromatic heterocycles. The second kappa shape index (κ2) is 10.1. The fourth-order valence-corrected chi connectivity index (χ4v) is 3.87. The minimum atomic E-state index is -0.445. The predicted molar refractivity (Wildman–Crippen MR) is 122 cm³/mol. The molecule has 6 nitrogen and oxygen atoms in total. The van der Waals surface area contributed by atoms with Gasteiger partial charge in [0.15, 0.2) is 22.5 Å². The van der Waals surface area contributed by atoms with E-state index in [9.17, 15) is 9.18 Å². The van der Waals surface area contributed by atoms with Crippen LogP contribution in [0.2, 0.25) is 0 Å². The molecule has 162 valence electrons. The second-order valence-electron chi connectivity index (χ2n) is 6.90. The van der Waals surface area contributed by atoms with E-state index in [0.717, 1.165) is 11.4 Å². The topological polar surface area (TPSA) is 69.0 Å². The number of carbonyl (C=O) groups excluding carboxylic acids is 1. The molecule has 8 heteroatoms. The average Bonchev–Trinajstić information content (AvgIpc) is 3.22. The second-order valence-corrected chi connectivity index (χ2v) is 8.21. The van der Waals surface area contributed by atoms with Crippen LogP contribution in [0.3, 0.4) is 0 Å². The van der Waals surface area contributed by atoms with Gasteiger partial charge in [0.1, 0.15) is 6.61 Å². The van der Waals surface area contributed by atoms with E-state index in [2.05, 4.69) is 15.5 Å². The summed E-state index contributed by atoms with van der Waals surface area (Å²) in [5.41, 5.74) is 1.55. The van der Waals surface area contributed by atoms with Crippen molar-refractivity contribution in [3.05, 3.63) is 96.6 Å². The summed E-state index contributed by atoms with van der Waals surface area (Å²) in [4.78, 5) is 12.7. The highest BCUT2D eigenvalue weighted by molar-refractivity contribution is 8.00. The molecular weight excluding hydrogens is 427 g/mol. The predicted octanol–water partition coefficient (Wildman–Crippen LogP) is 5.10. The Morgan fingerprint density at radius 3 is 2.38 bits per heavy atom. The summed E-state index contributed by atoms with van der Waals surface area (Å²) in [6.07, 6.45) is 0. The van der Waals surface area contributed by atoms with Gasteiger partial charge < -0.3 is 10.1 Å². The Kier molecular flexibility index (Phi) is 6.81. The smallest absolute Gasteiger partial charge is 0.237 e. The van der Waals surface area contributed by atoms with Crippen LogP contribution >= 0.6 is 11.8 Å². The Bertz CT molecular complexity index is 1190. The molecule has 0 aliphatic heterocycles. The number of carbonyl (C=O) groups is 1. The Morgan fingerprint density at radius 2 is 1.66 bits per heavy atom. The van der Waals surface area contributed by atoms with E-state index in [4.69, 9.17) is 4.74 Å². The fourth-order valence-electron chi connectivity index (χ4n) is 2.99. The number of nitrogens with one attached hydrogen (secondary N) is 1. The maximum absolute atomic E-state index is 13.9. The van der Waals surface area contributed by atoms with Crippen LogP contribution in [0.4, 0.5) is 10.1 Å². The summed E-state index contributed by atoms with van der Waals surface area (Å²) < 4.78 is 21.4. The Labute approximate surface area is 189 Å². The number of para-hydroxylation sites is 3. The number of nitrogens with zero attached hydrogens (tertiary/aromatic N) is 3. The maximum Gasteiger partial charge on any atom is 0.237 e. The molecule has 1 N–H and O–H groups in total. The molecule has 1 unspecified atom stereocenters. The molecule has 32 heavy (non-hydrogen) atoms. The monoisotopic (exact) mass is 448 g/mol. The van der Waals surface area contributed by atoms with E-state index >= 15 is 0 Å². The van der Waals surface area contributed by atoms with Crippen LogP contribution in [-0.4, -0.2) is 25.9 Å². The van der Waals surface area contributed by atoms with E-state index < -0.39 is 11.1 Å². The Hall–Kier alpha value is -3.65. The number of thioether (sulfide) groups is 1. The zero-order valence-electron chi connectivity index (χ0n) is 17.3. The third kappa shape index (κ3) is 5.15. The molecule has 0 spiro atoms. The molecule has 4 aromatic rings. The summed E-state index contributed by atoms with van der Waals surface area (Å²) in [7, 11) is 0. The largest absolute Gasteiger partial charge is 0.483 e. The number of amides is 1. The standard InChI is InChI=1S/C24H21FN4O2S/c1-17(23(30)26-18-10-4-2-5-11-18)32-24-28-27-22(29(24)19-12-6-3-7-13-19)16-31-21-15-9-8-14-20(21)25/h2-15,17H,16H2,1H3,(H,26,30). The molecule has 0 radical (unpaired) electrons. The minimum absolute atomic E-state index is 0.0218. The molecule has 3 aromatic carbocycles. The number of benzene rings is 3. The lowest BCUT2D eigenvalue weighted by atomic mass is 10.3. The van der Waals surface area contributed by atoms with Gasteiger partial charge >= 0.3 is 0 Å². The average molecular weight is 449 g/mol. The highest BCUT2D eigenvalue weighted by atomic mass is 32.2. The van der Waals surface area contributed by atoms with Crippen LogP contribution in [0.25, 0.3) is 5.69 Å². The van der Waals surface area contributed by atoms with E-state index in [0.29, 0.717) is 11.0 Å². The molecule has 0 saturated heterocycles. The number of anilines is 1. The molecule has 0 aliphatic rings. The van der Waals surface area contributed by atoms with Crippen LogP contribution in [0.5, 0.6) is 5.75 Å². The number of hydrogen-bond acceptors (Lipinski definition) is 5. The number of aromatic nitrogens is 3. The van der Waals surface area contributed by atoms with Crippen molar-refractivity contribution in [3.63, 3.8) is 0 Å². The molecule has 1 amide bonds. The summed E-state index contributed by atoms with van der Waals surface area (Å²) >= 11 is 1.29. The Balaban J connectivity index is 1.55. The molecule has 0 aliphatic carbocycles. The lowest BCUT2D eigenvalue weighted by molar-refractivity contribution is -0.115. The molecule has 0 fully saturated rings. The highest BCUT2D eigenvalue weighted by Crippen LogP contribution is 2.27. The van der Waals surface area contributed by atoms with Crippen molar-refractivity contribution in [1.29, 1.82) is 0 Å². The molecule has 1 atom stereocenters. The molecule has 0 bridgehead atoms. The first kappa shape index (κ1) is 21.6. The van der Waals surface area contributed by atoms with Crippen molar-refractivity contribution >= 4 is 23.4 Å². The lowest BCUT2D eigenvalue weighted by Gasteiger charge is -2.14. The fraction of sp³-hybridized carbons (Fsp3) is 0.125. The van der Waals surface area contributed by atoms with E-state index in [-0.39, 0.29) is 18.3 Å². The first-order valence-electron chi connectivity index (χ1n) is 10.0. The zero-order chi connectivity index (χ0) is 22.3. The van der Waals surface area contributed by atoms with E-state index in [1.807, 2.05) is 72.2 Å². The first-order valence-corrected chi connectivity index (χ1v) is 10.9. The lowest BCUT2D eigenvalue weighted by Crippen LogP contribution is -2.22. The van der Waals surface area contributed by atoms with Crippen molar-refractivity contribution in [1.82, 2.24) is 14.8 Å². The van der Waals surface area contributed by atoms with Gasteiger partial charge in [-0.15, -0.1) is 10.2 Å². The summed E-state index contributed by atoms with van der Waals surface area (Å²) in [5.74, 6) is 0.0459. The first-order chi connectivity index (χ1) is 15.6. The van der Waals surface area contributed by atoms with E-state index in [1.165, 1.54) is 17.8 Å². The van der Waals surface area contributed by atoms with Crippen molar-refractivity contribution < 1.29 is 13.9 Å². The van der Waals surface area contributed by atoms with Crippen LogP contribution in [0.1, 0.15) is 12.7 Å². The van der Waals surface area contributed by atoms with Crippen LogP contribution < -0.4 is 10.1 Å². The van der Waals surface area contributed by atoms with Gasteiger partial charge in [-0.1, -0.05) is 60.3 Å².